The van der Waals surface area contributed by atoms with Crippen LogP contribution in [0, 0.1) is 11.7 Å². The molecular weight excluding hydrogens is 505 g/mol. The van der Waals surface area contributed by atoms with E-state index < -0.39 is 21.9 Å². The van der Waals surface area contributed by atoms with E-state index >= 15 is 0 Å². The van der Waals surface area contributed by atoms with Gasteiger partial charge in [0.2, 0.25) is 21.8 Å². The number of nitrogens with zero attached hydrogens (tertiary/aromatic N) is 2. The average Bonchev–Trinajstić information content (AvgIpc) is 2.81. The highest BCUT2D eigenvalue weighted by Gasteiger charge is 2.29. The molecule has 0 aliphatic rings. The van der Waals surface area contributed by atoms with E-state index in [1.54, 1.807) is 24.3 Å². The zero-order valence-corrected chi connectivity index (χ0v) is 22.8. The third kappa shape index (κ3) is 8.48. The SMILES string of the molecule is CC[C@@H](C(=O)NCC(C)C)N(Cc1ccccc1Cl)C(=O)CCCN(c1ccccc1F)S(C)(=O)=O. The molecule has 0 aromatic heterocycles. The Balaban J connectivity index is 2.23. The van der Waals surface area contributed by atoms with E-state index in [1.807, 2.05) is 26.8 Å². The van der Waals surface area contributed by atoms with E-state index in [0.717, 1.165) is 10.6 Å². The minimum Gasteiger partial charge on any atom is -0.354 e. The van der Waals surface area contributed by atoms with E-state index in [1.165, 1.54) is 23.1 Å². The highest BCUT2D eigenvalue weighted by molar-refractivity contribution is 7.92. The Morgan fingerprint density at radius 3 is 2.31 bits per heavy atom. The van der Waals surface area contributed by atoms with Crippen LogP contribution in [0.1, 0.15) is 45.6 Å². The summed E-state index contributed by atoms with van der Waals surface area (Å²) in [6, 6.07) is 12.0. The van der Waals surface area contributed by atoms with E-state index in [9.17, 15) is 22.4 Å². The number of amides is 2. The predicted molar refractivity (Wildman–Crippen MR) is 142 cm³/mol. The fraction of sp³-hybridized carbons (Fsp3) is 0.462. The molecule has 7 nitrogen and oxygen atoms in total. The van der Waals surface area contributed by atoms with Crippen LogP contribution in [0.5, 0.6) is 0 Å². The first kappa shape index (κ1) is 29.6. The molecule has 10 heteroatoms. The van der Waals surface area contributed by atoms with Crippen molar-refractivity contribution in [3.05, 3.63) is 64.9 Å². The number of rotatable bonds is 13. The normalized spacial score (nSPS) is 12.3. The second-order valence-corrected chi connectivity index (χ2v) is 11.4. The molecule has 0 aliphatic heterocycles. The highest BCUT2D eigenvalue weighted by Crippen LogP contribution is 2.23. The van der Waals surface area contributed by atoms with Crippen molar-refractivity contribution in [2.24, 2.45) is 5.92 Å². The van der Waals surface area contributed by atoms with Crippen LogP contribution in [-0.4, -0.2) is 50.5 Å². The summed E-state index contributed by atoms with van der Waals surface area (Å²) >= 11 is 6.33. The Bertz CT molecular complexity index is 1140. The minimum absolute atomic E-state index is 0.0289. The molecule has 0 bridgehead atoms. The number of benzene rings is 2. The molecule has 0 radical (unpaired) electrons. The summed E-state index contributed by atoms with van der Waals surface area (Å²) < 4.78 is 39.9. The van der Waals surface area contributed by atoms with Gasteiger partial charge in [-0.25, -0.2) is 12.8 Å². The molecule has 0 fully saturated rings. The third-order valence-corrected chi connectivity index (χ3v) is 7.19. The van der Waals surface area contributed by atoms with Crippen LogP contribution in [-0.2, 0) is 26.2 Å². The van der Waals surface area contributed by atoms with Crippen molar-refractivity contribution in [3.63, 3.8) is 0 Å². The first-order valence-corrected chi connectivity index (χ1v) is 14.2. The van der Waals surface area contributed by atoms with Crippen molar-refractivity contribution < 1.29 is 22.4 Å². The molecule has 2 rings (SSSR count). The second kappa shape index (κ2) is 13.6. The highest BCUT2D eigenvalue weighted by atomic mass is 35.5. The molecule has 198 valence electrons. The van der Waals surface area contributed by atoms with Gasteiger partial charge in [0.1, 0.15) is 11.9 Å². The summed E-state index contributed by atoms with van der Waals surface area (Å²) in [5.74, 6) is -0.985. The minimum atomic E-state index is -3.78. The van der Waals surface area contributed by atoms with Crippen molar-refractivity contribution >= 4 is 39.1 Å². The molecule has 1 atom stereocenters. The Morgan fingerprint density at radius 2 is 1.72 bits per heavy atom. The quantitative estimate of drug-likeness (QED) is 0.403. The molecular formula is C26H35ClFN3O4S. The van der Waals surface area contributed by atoms with E-state index in [4.69, 9.17) is 11.6 Å². The number of hydrogen-bond acceptors (Lipinski definition) is 4. The molecule has 2 aromatic rings. The lowest BCUT2D eigenvalue weighted by atomic mass is 10.1. The second-order valence-electron chi connectivity index (χ2n) is 9.07. The summed E-state index contributed by atoms with van der Waals surface area (Å²) in [5, 5.41) is 3.38. The fourth-order valence-corrected chi connectivity index (χ4v) is 4.95. The van der Waals surface area contributed by atoms with Crippen LogP contribution in [0.2, 0.25) is 5.02 Å². The molecule has 1 N–H and O–H groups in total. The van der Waals surface area contributed by atoms with Crippen LogP contribution in [0.3, 0.4) is 0 Å². The van der Waals surface area contributed by atoms with Gasteiger partial charge in [0, 0.05) is 31.1 Å². The van der Waals surface area contributed by atoms with Gasteiger partial charge in [-0.1, -0.05) is 62.7 Å². The van der Waals surface area contributed by atoms with Crippen molar-refractivity contribution in [3.8, 4) is 0 Å². The maximum Gasteiger partial charge on any atom is 0.242 e. The molecule has 0 saturated carbocycles. The van der Waals surface area contributed by atoms with E-state index in [0.29, 0.717) is 23.6 Å². The molecule has 0 heterocycles. The molecule has 2 amide bonds. The van der Waals surface area contributed by atoms with Crippen molar-refractivity contribution in [1.29, 1.82) is 0 Å². The maximum absolute atomic E-state index is 14.3. The van der Waals surface area contributed by atoms with Gasteiger partial charge in [-0.05, 0) is 42.5 Å². The standard InChI is InChI=1S/C26H35ClFN3O4S/c1-5-23(26(33)29-17-19(2)3)30(18-20-11-6-7-12-21(20)27)25(32)15-10-16-31(36(4,34)35)24-14-9-8-13-22(24)28/h6-9,11-14,19,23H,5,10,15-18H2,1-4H3,(H,29,33)/t23-/m0/s1. The molecule has 0 spiro atoms. The number of sulfonamides is 1. The van der Waals surface area contributed by atoms with Gasteiger partial charge in [-0.15, -0.1) is 0 Å². The zero-order valence-electron chi connectivity index (χ0n) is 21.2. The van der Waals surface area contributed by atoms with Gasteiger partial charge < -0.3 is 10.2 Å². The summed E-state index contributed by atoms with van der Waals surface area (Å²) in [7, 11) is -3.78. The smallest absolute Gasteiger partial charge is 0.242 e. The van der Waals surface area contributed by atoms with Crippen LogP contribution in [0.25, 0.3) is 0 Å². The maximum atomic E-state index is 14.3. The van der Waals surface area contributed by atoms with E-state index in [-0.39, 0.29) is 49.4 Å². The number of nitrogens with one attached hydrogen (secondary N) is 1. The lowest BCUT2D eigenvalue weighted by Crippen LogP contribution is -2.49. The first-order valence-electron chi connectivity index (χ1n) is 12.0. The van der Waals surface area contributed by atoms with Crippen molar-refractivity contribution in [2.45, 2.75) is 52.6 Å². The summed E-state index contributed by atoms with van der Waals surface area (Å²) in [4.78, 5) is 27.9. The monoisotopic (exact) mass is 539 g/mol. The van der Waals surface area contributed by atoms with Crippen molar-refractivity contribution in [2.75, 3.05) is 23.7 Å². The average molecular weight is 540 g/mol. The van der Waals surface area contributed by atoms with Gasteiger partial charge in [0.05, 0.1) is 11.9 Å². The first-order chi connectivity index (χ1) is 17.0. The molecule has 0 aliphatic carbocycles. The van der Waals surface area contributed by atoms with Gasteiger partial charge in [0.25, 0.3) is 0 Å². The molecule has 0 unspecified atom stereocenters. The molecule has 0 saturated heterocycles. The number of carbonyl (C=O) groups is 2. The largest absolute Gasteiger partial charge is 0.354 e. The Morgan fingerprint density at radius 1 is 1.08 bits per heavy atom. The Labute approximate surface area is 218 Å². The van der Waals surface area contributed by atoms with Crippen molar-refractivity contribution in [1.82, 2.24) is 10.2 Å². The lowest BCUT2D eigenvalue weighted by Gasteiger charge is -2.31. The summed E-state index contributed by atoms with van der Waals surface area (Å²) in [6.45, 7) is 6.33. The zero-order chi connectivity index (χ0) is 26.9. The predicted octanol–water partition coefficient (Wildman–Crippen LogP) is 4.60. The number of para-hydroxylation sites is 1. The summed E-state index contributed by atoms with van der Waals surface area (Å²) in [5.41, 5.74) is 0.631. The number of carbonyl (C=O) groups excluding carboxylic acids is 2. The van der Waals surface area contributed by atoms with Gasteiger partial charge in [-0.2, -0.15) is 0 Å². The topological polar surface area (TPSA) is 86.8 Å². The Hall–Kier alpha value is -2.65. The van der Waals surface area contributed by atoms with E-state index in [2.05, 4.69) is 5.32 Å². The molecule has 36 heavy (non-hydrogen) atoms. The Kier molecular flexibility index (Phi) is 11.2. The number of anilines is 1. The number of halogens is 2. The molecule has 2 aromatic carbocycles. The fourth-order valence-electron chi connectivity index (χ4n) is 3.79. The third-order valence-electron chi connectivity index (χ3n) is 5.64. The van der Waals surface area contributed by atoms with Crippen LogP contribution in [0.15, 0.2) is 48.5 Å². The van der Waals surface area contributed by atoms with Gasteiger partial charge in [-0.3, -0.25) is 13.9 Å². The van der Waals surface area contributed by atoms with Crippen LogP contribution < -0.4 is 9.62 Å². The van der Waals surface area contributed by atoms with Crippen LogP contribution in [0.4, 0.5) is 10.1 Å². The van der Waals surface area contributed by atoms with Crippen LogP contribution >= 0.6 is 11.6 Å². The lowest BCUT2D eigenvalue weighted by molar-refractivity contribution is -0.141. The summed E-state index contributed by atoms with van der Waals surface area (Å²) in [6.07, 6.45) is 1.50. The number of hydrogen-bond donors (Lipinski definition) is 1. The van der Waals surface area contributed by atoms with Gasteiger partial charge >= 0.3 is 0 Å². The van der Waals surface area contributed by atoms with Gasteiger partial charge in [0.15, 0.2) is 0 Å².